The number of fused-ring (bicyclic) bond motifs is 1. The van der Waals surface area contributed by atoms with Gasteiger partial charge < -0.3 is 26.0 Å². The Balaban J connectivity index is 1.57. The predicted octanol–water partition coefficient (Wildman–Crippen LogP) is -0.000700. The molecule has 10 heteroatoms. The Labute approximate surface area is 171 Å². The fourth-order valence-electron chi connectivity index (χ4n) is 3.47. The van der Waals surface area contributed by atoms with Gasteiger partial charge in [-0.2, -0.15) is 0 Å². The van der Waals surface area contributed by atoms with Gasteiger partial charge in [-0.3, -0.25) is 19.2 Å². The molecule has 160 valence electrons. The van der Waals surface area contributed by atoms with Gasteiger partial charge >= 0.3 is 0 Å². The standard InChI is InChI=1S/C20H23FN4O5/c21-13-5-1-3-11-7-15(25-18(11)13)20(30)23-9-17(28)24-14(16(27)10-26)8-12-4-2-6-22-19(12)29/h1,3,5,7,12,14,25-26H,2,4,6,8-10H2,(H,22,29)(H,23,30)(H,24,28). The molecule has 1 aromatic heterocycles. The molecule has 2 atom stereocenters. The summed E-state index contributed by atoms with van der Waals surface area (Å²) >= 11 is 0. The highest BCUT2D eigenvalue weighted by Gasteiger charge is 2.29. The van der Waals surface area contributed by atoms with Crippen molar-refractivity contribution >= 4 is 34.4 Å². The topological polar surface area (TPSA) is 140 Å². The highest BCUT2D eigenvalue weighted by molar-refractivity contribution is 6.00. The number of aliphatic hydroxyl groups is 1. The maximum Gasteiger partial charge on any atom is 0.268 e. The lowest BCUT2D eigenvalue weighted by molar-refractivity contribution is -0.131. The maximum atomic E-state index is 13.7. The number of carbonyl (C=O) groups is 4. The van der Waals surface area contributed by atoms with Gasteiger partial charge in [0.15, 0.2) is 5.78 Å². The first-order valence-corrected chi connectivity index (χ1v) is 9.65. The van der Waals surface area contributed by atoms with Crippen LogP contribution in [0.15, 0.2) is 24.3 Å². The van der Waals surface area contributed by atoms with Crippen molar-refractivity contribution in [2.75, 3.05) is 19.7 Å². The molecular weight excluding hydrogens is 395 g/mol. The number of para-hydroxylation sites is 1. The minimum Gasteiger partial charge on any atom is -0.389 e. The Morgan fingerprint density at radius 1 is 1.30 bits per heavy atom. The molecule has 1 fully saturated rings. The summed E-state index contributed by atoms with van der Waals surface area (Å²) in [7, 11) is 0. The van der Waals surface area contributed by atoms with Gasteiger partial charge in [0, 0.05) is 17.8 Å². The first-order valence-electron chi connectivity index (χ1n) is 9.65. The van der Waals surface area contributed by atoms with E-state index in [-0.39, 0.29) is 23.5 Å². The summed E-state index contributed by atoms with van der Waals surface area (Å²) in [6.07, 6.45) is 1.43. The fraction of sp³-hybridized carbons (Fsp3) is 0.400. The third kappa shape index (κ3) is 5.01. The first-order chi connectivity index (χ1) is 14.4. The summed E-state index contributed by atoms with van der Waals surface area (Å²) < 4.78 is 13.7. The van der Waals surface area contributed by atoms with Crippen molar-refractivity contribution in [3.63, 3.8) is 0 Å². The van der Waals surface area contributed by atoms with Crippen molar-refractivity contribution in [3.8, 4) is 0 Å². The zero-order valence-corrected chi connectivity index (χ0v) is 16.2. The van der Waals surface area contributed by atoms with Crippen LogP contribution in [0.3, 0.4) is 0 Å². The van der Waals surface area contributed by atoms with E-state index in [0.29, 0.717) is 18.4 Å². The van der Waals surface area contributed by atoms with Crippen molar-refractivity contribution in [2.45, 2.75) is 25.3 Å². The smallest absolute Gasteiger partial charge is 0.268 e. The number of hydrogen-bond acceptors (Lipinski definition) is 5. The monoisotopic (exact) mass is 418 g/mol. The van der Waals surface area contributed by atoms with Gasteiger partial charge in [-0.15, -0.1) is 0 Å². The van der Waals surface area contributed by atoms with E-state index in [4.69, 9.17) is 5.11 Å². The largest absolute Gasteiger partial charge is 0.389 e. The molecule has 0 aliphatic carbocycles. The van der Waals surface area contributed by atoms with Gasteiger partial charge in [-0.05, 0) is 31.4 Å². The predicted molar refractivity (Wildman–Crippen MR) is 105 cm³/mol. The Kier molecular flexibility index (Phi) is 6.78. The zero-order chi connectivity index (χ0) is 21.7. The summed E-state index contributed by atoms with van der Waals surface area (Å²) in [6.45, 7) is -0.626. The van der Waals surface area contributed by atoms with E-state index in [1.54, 1.807) is 6.07 Å². The Morgan fingerprint density at radius 3 is 2.80 bits per heavy atom. The van der Waals surface area contributed by atoms with Crippen LogP contribution in [0.4, 0.5) is 4.39 Å². The number of aromatic amines is 1. The molecule has 1 aliphatic rings. The molecule has 0 radical (unpaired) electrons. The zero-order valence-electron chi connectivity index (χ0n) is 16.2. The number of aromatic nitrogens is 1. The van der Waals surface area contributed by atoms with Gasteiger partial charge in [0.1, 0.15) is 18.1 Å². The number of ketones is 1. The van der Waals surface area contributed by atoms with Crippen LogP contribution >= 0.6 is 0 Å². The van der Waals surface area contributed by atoms with E-state index in [9.17, 15) is 23.6 Å². The van der Waals surface area contributed by atoms with Gasteiger partial charge in [0.05, 0.1) is 18.1 Å². The number of nitrogens with one attached hydrogen (secondary N) is 4. The summed E-state index contributed by atoms with van der Waals surface area (Å²) in [5.74, 6) is -2.99. The average Bonchev–Trinajstić information content (AvgIpc) is 3.18. The summed E-state index contributed by atoms with van der Waals surface area (Å²) in [6, 6.07) is 4.86. The number of amides is 3. The second kappa shape index (κ2) is 9.49. The second-order valence-corrected chi connectivity index (χ2v) is 7.18. The van der Waals surface area contributed by atoms with Crippen LogP contribution in [0.2, 0.25) is 0 Å². The molecule has 2 heterocycles. The Hall–Kier alpha value is -3.27. The quantitative estimate of drug-likeness (QED) is 0.410. The molecule has 0 spiro atoms. The lowest BCUT2D eigenvalue weighted by atomic mass is 9.90. The number of hydrogen-bond donors (Lipinski definition) is 5. The molecule has 0 saturated carbocycles. The lowest BCUT2D eigenvalue weighted by Gasteiger charge is -2.26. The molecule has 5 N–H and O–H groups in total. The molecule has 3 rings (SSSR count). The van der Waals surface area contributed by atoms with E-state index in [1.165, 1.54) is 18.2 Å². The van der Waals surface area contributed by atoms with Crippen molar-refractivity contribution in [2.24, 2.45) is 5.92 Å². The minimum absolute atomic E-state index is 0.0756. The van der Waals surface area contributed by atoms with Gasteiger partial charge in [-0.1, -0.05) is 12.1 Å². The van der Waals surface area contributed by atoms with E-state index in [2.05, 4.69) is 20.9 Å². The number of halogens is 1. The third-order valence-electron chi connectivity index (χ3n) is 5.06. The Morgan fingerprint density at radius 2 is 2.10 bits per heavy atom. The average molecular weight is 418 g/mol. The molecular formula is C20H23FN4O5. The highest BCUT2D eigenvalue weighted by Crippen LogP contribution is 2.19. The van der Waals surface area contributed by atoms with Gasteiger partial charge in [0.2, 0.25) is 11.8 Å². The third-order valence-corrected chi connectivity index (χ3v) is 5.06. The van der Waals surface area contributed by atoms with Gasteiger partial charge in [-0.25, -0.2) is 4.39 Å². The molecule has 0 bridgehead atoms. The van der Waals surface area contributed by atoms with Crippen LogP contribution in [0, 0.1) is 11.7 Å². The molecule has 1 aromatic carbocycles. The molecule has 2 unspecified atom stereocenters. The van der Waals surface area contributed by atoms with Crippen LogP contribution in [0.25, 0.3) is 10.9 Å². The number of benzene rings is 1. The molecule has 30 heavy (non-hydrogen) atoms. The molecule has 1 aliphatic heterocycles. The summed E-state index contributed by atoms with van der Waals surface area (Å²) in [5, 5.41) is 17.3. The summed E-state index contributed by atoms with van der Waals surface area (Å²) in [5.41, 5.74) is 0.274. The SMILES string of the molecule is O=C(CNC(=O)c1cc2cccc(F)c2[nH]1)NC(CC1CCCNC1=O)C(=O)CO. The number of Topliss-reactive ketones (excluding diaryl/α,β-unsaturated/α-hetero) is 1. The van der Waals surface area contributed by atoms with Gasteiger partial charge in [0.25, 0.3) is 5.91 Å². The van der Waals surface area contributed by atoms with Crippen LogP contribution < -0.4 is 16.0 Å². The van der Waals surface area contributed by atoms with Crippen molar-refractivity contribution in [3.05, 3.63) is 35.8 Å². The van der Waals surface area contributed by atoms with Crippen molar-refractivity contribution < 1.29 is 28.7 Å². The molecule has 9 nitrogen and oxygen atoms in total. The highest BCUT2D eigenvalue weighted by atomic mass is 19.1. The number of rotatable bonds is 8. The number of piperidine rings is 1. The van der Waals surface area contributed by atoms with Crippen LogP contribution in [0.1, 0.15) is 29.8 Å². The fourth-order valence-corrected chi connectivity index (χ4v) is 3.47. The van der Waals surface area contributed by atoms with Crippen LogP contribution in [-0.4, -0.2) is 59.3 Å². The van der Waals surface area contributed by atoms with E-state index in [0.717, 1.165) is 6.42 Å². The van der Waals surface area contributed by atoms with Crippen molar-refractivity contribution in [1.29, 1.82) is 0 Å². The van der Waals surface area contributed by atoms with E-state index >= 15 is 0 Å². The van der Waals surface area contributed by atoms with E-state index < -0.39 is 48.5 Å². The lowest BCUT2D eigenvalue weighted by Crippen LogP contribution is -2.49. The normalized spacial score (nSPS) is 17.3. The molecule has 3 amide bonds. The number of aliphatic hydroxyl groups excluding tert-OH is 1. The summed E-state index contributed by atoms with van der Waals surface area (Å²) in [4.78, 5) is 51.1. The molecule has 2 aromatic rings. The minimum atomic E-state index is -1.03. The van der Waals surface area contributed by atoms with Crippen molar-refractivity contribution in [1.82, 2.24) is 20.9 Å². The van der Waals surface area contributed by atoms with E-state index in [1.807, 2.05) is 0 Å². The Bertz CT molecular complexity index is 973. The maximum absolute atomic E-state index is 13.7. The van der Waals surface area contributed by atoms with Crippen LogP contribution in [-0.2, 0) is 14.4 Å². The second-order valence-electron chi connectivity index (χ2n) is 7.18. The molecule has 1 saturated heterocycles. The first kappa shape index (κ1) is 21.4. The number of H-pyrrole nitrogens is 1. The van der Waals surface area contributed by atoms with Crippen LogP contribution in [0.5, 0.6) is 0 Å². The number of carbonyl (C=O) groups excluding carboxylic acids is 4.